The molecule has 0 unspecified atom stereocenters. The van der Waals surface area contributed by atoms with Crippen molar-refractivity contribution in [2.45, 2.75) is 12.5 Å². The molecule has 0 aromatic heterocycles. The van der Waals surface area contributed by atoms with Crippen LogP contribution in [0.5, 0.6) is 0 Å². The smallest absolute Gasteiger partial charge is 0.208 e. The molecule has 0 aromatic rings. The van der Waals surface area contributed by atoms with E-state index in [0.717, 1.165) is 6.61 Å². The summed E-state index contributed by atoms with van der Waals surface area (Å²) in [5.74, 6) is 0. The van der Waals surface area contributed by atoms with E-state index in [1.165, 1.54) is 12.5 Å². The molecule has 0 amide bonds. The molecule has 1 fully saturated rings. The van der Waals surface area contributed by atoms with Gasteiger partial charge in [0, 0.05) is 0 Å². The van der Waals surface area contributed by atoms with Gasteiger partial charge in [-0.1, -0.05) is 0 Å². The lowest BCUT2D eigenvalue weighted by atomic mass is 10.5. The van der Waals surface area contributed by atoms with E-state index in [4.69, 9.17) is 4.58 Å². The van der Waals surface area contributed by atoms with Crippen LogP contribution in [0.1, 0.15) is 6.42 Å². The van der Waals surface area contributed by atoms with Crippen LogP contribution in [0, 0.1) is 0 Å². The molecule has 0 bridgehead atoms. The highest BCUT2D eigenvalue weighted by Gasteiger charge is 1.97. The van der Waals surface area contributed by atoms with Crippen LogP contribution in [0.2, 0.25) is 6.04 Å². The second-order valence-electron chi connectivity index (χ2n) is 1.35. The fourth-order valence-corrected chi connectivity index (χ4v) is 1.20. The van der Waals surface area contributed by atoms with Crippen LogP contribution in [0.25, 0.3) is 0 Å². The van der Waals surface area contributed by atoms with Gasteiger partial charge in [-0.15, -0.1) is 0 Å². The zero-order chi connectivity index (χ0) is 4.24. The number of rotatable bonds is 0. The van der Waals surface area contributed by atoms with Crippen molar-refractivity contribution in [3.8, 4) is 0 Å². The van der Waals surface area contributed by atoms with Crippen molar-refractivity contribution >= 4 is 9.76 Å². The molecule has 1 aliphatic heterocycles. The lowest BCUT2D eigenvalue weighted by molar-refractivity contribution is -0.216. The highest BCUT2D eigenvalue weighted by Crippen LogP contribution is 1.96. The molecule has 0 radical (unpaired) electrons. The summed E-state index contributed by atoms with van der Waals surface area (Å²) in [4.78, 5) is 4.63. The molecule has 1 rings (SSSR count). The van der Waals surface area contributed by atoms with Gasteiger partial charge in [-0.05, 0) is 12.5 Å². The zero-order valence-electron chi connectivity index (χ0n) is 3.64. The Labute approximate surface area is 39.3 Å². The van der Waals surface area contributed by atoms with Gasteiger partial charge in [0.15, 0.2) is 0 Å². The Hall–Kier alpha value is 0.137. The van der Waals surface area contributed by atoms with E-state index in [1.54, 1.807) is 0 Å². The van der Waals surface area contributed by atoms with Gasteiger partial charge in [0.05, 0.1) is 6.61 Å². The second kappa shape index (κ2) is 2.33. The van der Waals surface area contributed by atoms with Crippen LogP contribution >= 0.6 is 0 Å². The van der Waals surface area contributed by atoms with Crippen molar-refractivity contribution in [2.75, 3.05) is 6.61 Å². The van der Waals surface area contributed by atoms with Gasteiger partial charge in [0.1, 0.15) is 0 Å². The van der Waals surface area contributed by atoms with Gasteiger partial charge in [-0.3, -0.25) is 4.58 Å². The van der Waals surface area contributed by atoms with Crippen LogP contribution in [-0.2, 0) is 9.46 Å². The lowest BCUT2D eigenvalue weighted by Crippen LogP contribution is -2.08. The van der Waals surface area contributed by atoms with Crippen molar-refractivity contribution < 1.29 is 9.46 Å². The first-order chi connectivity index (χ1) is 3.00. The van der Waals surface area contributed by atoms with Gasteiger partial charge in [0.25, 0.3) is 0 Å². The first-order valence-electron chi connectivity index (χ1n) is 2.24. The fraction of sp³-hybridized carbons (Fsp3) is 1.00. The molecule has 3 heteroatoms. The quantitative estimate of drug-likeness (QED) is 0.314. The minimum Gasteiger partial charge on any atom is -0.294 e. The summed E-state index contributed by atoms with van der Waals surface area (Å²) in [6.07, 6.45) is 1.21. The average Bonchev–Trinajstić information content (AvgIpc) is 1.72. The van der Waals surface area contributed by atoms with Crippen LogP contribution < -0.4 is 0 Å². The van der Waals surface area contributed by atoms with Gasteiger partial charge in [-0.2, -0.15) is 0 Å². The SMILES string of the molecule is C1COO[SiH2]C1. The Morgan fingerprint density at radius 2 is 2.50 bits per heavy atom. The molecule has 0 aromatic carbocycles. The third-order valence-electron chi connectivity index (χ3n) is 0.789. The molecular formula is C3H8O2Si. The van der Waals surface area contributed by atoms with E-state index in [1.807, 2.05) is 0 Å². The molecular weight excluding hydrogens is 96.1 g/mol. The third kappa shape index (κ3) is 1.08. The summed E-state index contributed by atoms with van der Waals surface area (Å²) in [6, 6.07) is 1.29. The first-order valence-corrected chi connectivity index (χ1v) is 3.82. The fourth-order valence-electron chi connectivity index (χ4n) is 0.440. The van der Waals surface area contributed by atoms with Crippen molar-refractivity contribution in [3.63, 3.8) is 0 Å². The summed E-state index contributed by atoms with van der Waals surface area (Å²) in [5.41, 5.74) is 0. The first kappa shape index (κ1) is 4.30. The van der Waals surface area contributed by atoms with Gasteiger partial charge in [-0.25, -0.2) is 4.89 Å². The van der Waals surface area contributed by atoms with Crippen molar-refractivity contribution in [3.05, 3.63) is 0 Å². The molecule has 0 aliphatic carbocycles. The van der Waals surface area contributed by atoms with Crippen molar-refractivity contribution in [1.29, 1.82) is 0 Å². The van der Waals surface area contributed by atoms with Gasteiger partial charge in [0.2, 0.25) is 9.76 Å². The highest BCUT2D eigenvalue weighted by molar-refractivity contribution is 6.26. The Balaban J connectivity index is 2.00. The Kier molecular flexibility index (Phi) is 1.67. The summed E-state index contributed by atoms with van der Waals surface area (Å²) < 4.78 is 4.71. The molecule has 0 N–H and O–H groups in total. The zero-order valence-corrected chi connectivity index (χ0v) is 5.06. The van der Waals surface area contributed by atoms with Crippen molar-refractivity contribution in [1.82, 2.24) is 0 Å². The highest BCUT2D eigenvalue weighted by atomic mass is 28.2. The van der Waals surface area contributed by atoms with Crippen molar-refractivity contribution in [2.24, 2.45) is 0 Å². The van der Waals surface area contributed by atoms with Crippen LogP contribution in [0.3, 0.4) is 0 Å². The number of hydrogen-bond acceptors (Lipinski definition) is 2. The second-order valence-corrected chi connectivity index (χ2v) is 2.70. The average molecular weight is 104 g/mol. The molecule has 6 heavy (non-hydrogen) atoms. The summed E-state index contributed by atoms with van der Waals surface area (Å²) in [5, 5.41) is 0. The van der Waals surface area contributed by atoms with E-state index in [0.29, 0.717) is 0 Å². The Morgan fingerprint density at radius 3 is 2.67 bits per heavy atom. The maximum Gasteiger partial charge on any atom is 0.208 e. The minimum absolute atomic E-state index is 0.214. The van der Waals surface area contributed by atoms with E-state index >= 15 is 0 Å². The van der Waals surface area contributed by atoms with Gasteiger partial charge >= 0.3 is 0 Å². The van der Waals surface area contributed by atoms with Gasteiger partial charge < -0.3 is 0 Å². The lowest BCUT2D eigenvalue weighted by Gasteiger charge is -2.07. The molecule has 0 saturated carbocycles. The molecule has 1 heterocycles. The largest absolute Gasteiger partial charge is 0.294 e. The third-order valence-corrected chi connectivity index (χ3v) is 1.91. The van der Waals surface area contributed by atoms with Crippen LogP contribution in [0.4, 0.5) is 0 Å². The molecule has 2 nitrogen and oxygen atoms in total. The molecule has 1 aliphatic rings. The molecule has 0 spiro atoms. The summed E-state index contributed by atoms with van der Waals surface area (Å²) in [6.45, 7) is 0.812. The minimum atomic E-state index is -0.214. The Morgan fingerprint density at radius 1 is 1.50 bits per heavy atom. The molecule has 0 atom stereocenters. The maximum absolute atomic E-state index is 4.71. The van der Waals surface area contributed by atoms with E-state index in [-0.39, 0.29) is 9.76 Å². The monoisotopic (exact) mass is 104 g/mol. The van der Waals surface area contributed by atoms with E-state index < -0.39 is 0 Å². The predicted octanol–water partition coefficient (Wildman–Crippen LogP) is -0.160. The summed E-state index contributed by atoms with van der Waals surface area (Å²) >= 11 is 0. The summed E-state index contributed by atoms with van der Waals surface area (Å²) in [7, 11) is -0.214. The maximum atomic E-state index is 4.71. The van der Waals surface area contributed by atoms with Crippen LogP contribution in [-0.4, -0.2) is 16.4 Å². The topological polar surface area (TPSA) is 18.5 Å². The standard InChI is InChI=1S/C3H8O2Si/c1-2-4-5-6-3-1/h1-3,6H2. The van der Waals surface area contributed by atoms with Crippen LogP contribution in [0.15, 0.2) is 0 Å². The predicted molar refractivity (Wildman–Crippen MR) is 25.0 cm³/mol. The Bertz CT molecular complexity index is 24.3. The molecule has 36 valence electrons. The van der Waals surface area contributed by atoms with E-state index in [2.05, 4.69) is 4.89 Å². The molecule has 1 saturated heterocycles. The number of hydrogen-bond donors (Lipinski definition) is 0. The van der Waals surface area contributed by atoms with E-state index in [9.17, 15) is 0 Å². The normalized spacial score (nSPS) is 28.0.